The van der Waals surface area contributed by atoms with Crippen molar-refractivity contribution in [2.75, 3.05) is 0 Å². The molecule has 0 saturated carbocycles. The first-order valence-corrected chi connectivity index (χ1v) is 20.8. The first kappa shape index (κ1) is 37.7. The van der Waals surface area contributed by atoms with Crippen molar-refractivity contribution in [1.82, 2.24) is 19.5 Å². The fraction of sp³-hybridized carbons (Fsp3) is 0.241. The largest absolute Gasteiger partial charge is 0.504 e. The maximum absolute atomic E-state index is 12.6. The molecule has 0 amide bonds. The smallest absolute Gasteiger partial charge is 0.227 e. The van der Waals surface area contributed by atoms with Gasteiger partial charge in [-0.2, -0.15) is 0 Å². The molecule has 5 aromatic heterocycles. The summed E-state index contributed by atoms with van der Waals surface area (Å²) in [5.41, 5.74) is 10.9. The Labute approximate surface area is 380 Å². The van der Waals surface area contributed by atoms with Gasteiger partial charge in [0.05, 0.1) is 27.4 Å². The third-order valence-corrected chi connectivity index (χ3v) is 11.7. The van der Waals surface area contributed by atoms with E-state index in [1.54, 1.807) is 6.07 Å². The van der Waals surface area contributed by atoms with E-state index in [9.17, 15) is 5.11 Å². The molecule has 0 aliphatic heterocycles. The van der Waals surface area contributed by atoms with Crippen LogP contribution < -0.4 is 0 Å². The van der Waals surface area contributed by atoms with Crippen molar-refractivity contribution in [3.63, 3.8) is 0 Å². The molecule has 0 radical (unpaired) electrons. The predicted molar refractivity (Wildman–Crippen MR) is 249 cm³/mol. The second-order valence-electron chi connectivity index (χ2n) is 19.1. The third kappa shape index (κ3) is 6.55. The number of para-hydroxylation sites is 2. The van der Waals surface area contributed by atoms with Gasteiger partial charge in [0.25, 0.3) is 0 Å². The summed E-state index contributed by atoms with van der Waals surface area (Å²) in [6.07, 6.45) is 1.89. The number of furan rings is 2. The van der Waals surface area contributed by atoms with Crippen LogP contribution in [-0.4, -0.2) is 24.6 Å². The molecule has 0 spiro atoms. The number of imidazole rings is 1. The van der Waals surface area contributed by atoms with Crippen LogP contribution in [0.4, 0.5) is 0 Å². The van der Waals surface area contributed by atoms with Crippen LogP contribution in [0.15, 0.2) is 118 Å². The minimum absolute atomic E-state index is 0. The van der Waals surface area contributed by atoms with Gasteiger partial charge >= 0.3 is 0 Å². The third-order valence-electron chi connectivity index (χ3n) is 11.7. The Kier molecular flexibility index (Phi) is 8.83. The van der Waals surface area contributed by atoms with Crippen LogP contribution in [0, 0.1) is 12.9 Å². The number of phenols is 1. The zero-order valence-electron chi connectivity index (χ0n) is 39.3. The summed E-state index contributed by atoms with van der Waals surface area (Å²) in [5, 5.41) is 15.0. The van der Waals surface area contributed by atoms with Gasteiger partial charge in [-0.05, 0) is 91.0 Å². The molecular formula is C54H49N4O3Pt-. The maximum Gasteiger partial charge on any atom is 0.227 e. The Morgan fingerprint density at radius 2 is 1.39 bits per heavy atom. The van der Waals surface area contributed by atoms with Gasteiger partial charge in [-0.3, -0.25) is 4.98 Å². The average molecular weight is 1000 g/mol. The Bertz CT molecular complexity index is 3490. The average Bonchev–Trinajstić information content (AvgIpc) is 3.94. The first-order valence-electron chi connectivity index (χ1n) is 22.3. The van der Waals surface area contributed by atoms with Crippen molar-refractivity contribution < 1.29 is 39.1 Å². The number of aromatic nitrogens is 4. The number of aryl methyl sites for hydroxylation is 1. The molecule has 0 saturated heterocycles. The van der Waals surface area contributed by atoms with E-state index in [1.807, 2.05) is 54.7 Å². The van der Waals surface area contributed by atoms with Crippen molar-refractivity contribution >= 4 is 55.0 Å². The summed E-state index contributed by atoms with van der Waals surface area (Å²) in [7, 11) is 0. The molecule has 0 aliphatic rings. The Balaban J connectivity index is 0.00000533. The molecule has 0 aliphatic carbocycles. The van der Waals surface area contributed by atoms with E-state index in [0.29, 0.717) is 38.7 Å². The minimum Gasteiger partial charge on any atom is -0.504 e. The summed E-state index contributed by atoms with van der Waals surface area (Å²) >= 11 is 0. The molecule has 5 heterocycles. The van der Waals surface area contributed by atoms with Crippen molar-refractivity contribution in [3.05, 3.63) is 132 Å². The van der Waals surface area contributed by atoms with E-state index in [4.69, 9.17) is 22.9 Å². The van der Waals surface area contributed by atoms with Crippen molar-refractivity contribution in [2.45, 2.75) is 85.5 Å². The maximum atomic E-state index is 12.6. The number of nitrogens with zero attached hydrogens (tertiary/aromatic N) is 4. The van der Waals surface area contributed by atoms with E-state index < -0.39 is 12.4 Å². The van der Waals surface area contributed by atoms with Gasteiger partial charge < -0.3 is 18.5 Å². The summed E-state index contributed by atoms with van der Waals surface area (Å²) in [5.74, 6) is 0.368. The van der Waals surface area contributed by atoms with Gasteiger partial charge in [-0.15, -0.1) is 29.8 Å². The Hall–Kier alpha value is -6.04. The van der Waals surface area contributed by atoms with E-state index in [1.165, 1.54) is 22.8 Å². The number of aromatic hydroxyl groups is 1. The summed E-state index contributed by atoms with van der Waals surface area (Å²) < 4.78 is 39.0. The van der Waals surface area contributed by atoms with Crippen LogP contribution in [0.2, 0.25) is 0 Å². The summed E-state index contributed by atoms with van der Waals surface area (Å²) in [6, 6.07) is 37.8. The number of fused-ring (bicyclic) bond motifs is 8. The molecule has 0 fully saturated rings. The normalized spacial score (nSPS) is 13.5. The van der Waals surface area contributed by atoms with Gasteiger partial charge in [0, 0.05) is 59.1 Å². The van der Waals surface area contributed by atoms with E-state index in [0.717, 1.165) is 44.4 Å². The van der Waals surface area contributed by atoms with Crippen molar-refractivity contribution in [2.24, 2.45) is 0 Å². The standard InChI is InChI=1S/C54H49N4O3.Pt/c1-30-24-25-36-44-48-43(35-18-11-12-23-41(35)60-48)45(47(59)49(44)61-51(36)56-30)50-57-46-34(19-14-22-40(46)58(50)54(8,9)10)31-16-13-17-32(28-31)39-29-33(26-27-55-39)42-37(52(2,3)4)20-15-21-38(42)53(5,6)7;/h11-27,29,59H,1-10H3;/q-1;/i1D3;. The Morgan fingerprint density at radius 3 is 2.11 bits per heavy atom. The van der Waals surface area contributed by atoms with Crippen LogP contribution >= 0.6 is 0 Å². The SMILES string of the molecule is [2H]C([2H])([2H])c1ccc2c(n1)oc1c(O)c(-c3nc4c(-c5[c-]c(-c6cc(-c7c(C(C)(C)C)cccc7C(C)(C)C)ccn6)ccc5)cccc4n3C(C)(C)C)c3c4ccccc4oc3c12.[Pt]. The van der Waals surface area contributed by atoms with Gasteiger partial charge in [0.2, 0.25) is 5.71 Å². The zero-order chi connectivity index (χ0) is 45.2. The second kappa shape index (κ2) is 14.5. The quantitative estimate of drug-likeness (QED) is 0.177. The van der Waals surface area contributed by atoms with Crippen molar-refractivity contribution in [1.29, 1.82) is 0 Å². The van der Waals surface area contributed by atoms with Gasteiger partial charge in [-0.25, -0.2) is 9.97 Å². The number of hydrogen-bond acceptors (Lipinski definition) is 6. The van der Waals surface area contributed by atoms with E-state index >= 15 is 0 Å². The molecule has 62 heavy (non-hydrogen) atoms. The molecule has 0 atom stereocenters. The minimum atomic E-state index is -2.45. The predicted octanol–water partition coefficient (Wildman–Crippen LogP) is 14.5. The van der Waals surface area contributed by atoms with Gasteiger partial charge in [-0.1, -0.05) is 107 Å². The molecular weight excluding hydrogens is 948 g/mol. The van der Waals surface area contributed by atoms with Crippen LogP contribution in [0.5, 0.6) is 5.75 Å². The number of benzene rings is 5. The molecule has 8 heteroatoms. The van der Waals surface area contributed by atoms with Crippen LogP contribution in [0.1, 0.15) is 83.2 Å². The zero-order valence-corrected chi connectivity index (χ0v) is 38.5. The number of phenolic OH excluding ortho intramolecular Hbond substituents is 1. The van der Waals surface area contributed by atoms with Crippen molar-refractivity contribution in [3.8, 4) is 50.6 Å². The molecule has 10 aromatic rings. The fourth-order valence-electron chi connectivity index (χ4n) is 9.08. The fourth-order valence-corrected chi connectivity index (χ4v) is 9.08. The molecule has 0 bridgehead atoms. The number of pyridine rings is 2. The van der Waals surface area contributed by atoms with E-state index in [-0.39, 0.29) is 54.6 Å². The van der Waals surface area contributed by atoms with Gasteiger partial charge in [0.15, 0.2) is 11.3 Å². The molecule has 0 unspecified atom stereocenters. The second-order valence-corrected chi connectivity index (χ2v) is 19.1. The molecule has 10 rings (SSSR count). The molecule has 7 nitrogen and oxygen atoms in total. The Morgan fingerprint density at radius 1 is 0.677 bits per heavy atom. The van der Waals surface area contributed by atoms with E-state index in [2.05, 4.69) is 120 Å². The van der Waals surface area contributed by atoms with Crippen LogP contribution in [0.3, 0.4) is 0 Å². The van der Waals surface area contributed by atoms with Crippen LogP contribution in [-0.2, 0) is 37.4 Å². The molecule has 5 aromatic carbocycles. The van der Waals surface area contributed by atoms with Crippen LogP contribution in [0.25, 0.3) is 99.9 Å². The number of rotatable bonds is 4. The number of hydrogen-bond donors (Lipinski definition) is 1. The summed E-state index contributed by atoms with van der Waals surface area (Å²) in [4.78, 5) is 14.7. The van der Waals surface area contributed by atoms with Gasteiger partial charge in [0.1, 0.15) is 17.0 Å². The monoisotopic (exact) mass is 999 g/mol. The first-order chi connectivity index (χ1) is 30.2. The molecule has 314 valence electrons. The topological polar surface area (TPSA) is 90.1 Å². The molecule has 1 N–H and O–H groups in total. The summed E-state index contributed by atoms with van der Waals surface area (Å²) in [6.45, 7) is 17.5.